The average Bonchev–Trinajstić information content (AvgIpc) is 2.72. The van der Waals surface area contributed by atoms with Crippen LogP contribution in [0.15, 0.2) is 54.6 Å². The van der Waals surface area contributed by atoms with E-state index in [-0.39, 0.29) is 31.8 Å². The highest BCUT2D eigenvalue weighted by molar-refractivity contribution is 5.97. The van der Waals surface area contributed by atoms with Crippen molar-refractivity contribution in [3.8, 4) is 6.07 Å². The van der Waals surface area contributed by atoms with Crippen molar-refractivity contribution < 1.29 is 24.5 Å². The Bertz CT molecular complexity index is 832. The van der Waals surface area contributed by atoms with Crippen LogP contribution in [0, 0.1) is 11.3 Å². The summed E-state index contributed by atoms with van der Waals surface area (Å²) in [5.41, 5.74) is 1.52. The fraction of sp³-hybridized carbons (Fsp3) is 0.286. The van der Waals surface area contributed by atoms with Gasteiger partial charge in [-0.25, -0.2) is 4.79 Å². The van der Waals surface area contributed by atoms with Crippen molar-refractivity contribution in [1.29, 1.82) is 5.26 Å². The van der Waals surface area contributed by atoms with E-state index in [9.17, 15) is 19.8 Å². The zero-order valence-corrected chi connectivity index (χ0v) is 15.2. The monoisotopic (exact) mass is 382 g/mol. The van der Waals surface area contributed by atoms with Gasteiger partial charge in [0.2, 0.25) is 0 Å². The van der Waals surface area contributed by atoms with Gasteiger partial charge in [0.25, 0.3) is 0 Å². The summed E-state index contributed by atoms with van der Waals surface area (Å²) in [6.45, 7) is 0.250. The van der Waals surface area contributed by atoms with Crippen molar-refractivity contribution in [3.63, 3.8) is 0 Å². The molecule has 0 aliphatic rings. The smallest absolute Gasteiger partial charge is 0.407 e. The van der Waals surface area contributed by atoms with Crippen LogP contribution < -0.4 is 5.32 Å². The number of nitriles is 1. The van der Waals surface area contributed by atoms with Crippen LogP contribution in [-0.2, 0) is 11.3 Å². The molecule has 0 radical (unpaired) electrons. The SMILES string of the molecule is N#CCC(=O)c1cccc(C(O)C(O)CCNC(=O)OCc2ccccc2)c1. The first-order valence-electron chi connectivity index (χ1n) is 8.82. The third kappa shape index (κ3) is 6.50. The number of nitrogens with zero attached hydrogens (tertiary/aromatic N) is 1. The van der Waals surface area contributed by atoms with Crippen molar-refractivity contribution in [3.05, 3.63) is 71.3 Å². The van der Waals surface area contributed by atoms with Gasteiger partial charge in [-0.1, -0.05) is 48.5 Å². The second-order valence-electron chi connectivity index (χ2n) is 6.17. The summed E-state index contributed by atoms with van der Waals surface area (Å²) in [7, 11) is 0. The number of rotatable bonds is 9. The Morgan fingerprint density at radius 1 is 1.11 bits per heavy atom. The molecule has 0 aromatic heterocycles. The highest BCUT2D eigenvalue weighted by Crippen LogP contribution is 2.20. The number of Topliss-reactive ketones (excluding diaryl/α,β-unsaturated/α-hetero) is 1. The Morgan fingerprint density at radius 2 is 1.86 bits per heavy atom. The minimum Gasteiger partial charge on any atom is -0.445 e. The summed E-state index contributed by atoms with van der Waals surface area (Å²) in [5, 5.41) is 31.5. The fourth-order valence-electron chi connectivity index (χ4n) is 2.55. The van der Waals surface area contributed by atoms with E-state index in [1.165, 1.54) is 6.07 Å². The predicted molar refractivity (Wildman–Crippen MR) is 101 cm³/mol. The molecule has 0 saturated carbocycles. The largest absolute Gasteiger partial charge is 0.445 e. The van der Waals surface area contributed by atoms with Gasteiger partial charge in [-0.15, -0.1) is 0 Å². The van der Waals surface area contributed by atoms with Gasteiger partial charge in [0.05, 0.1) is 18.6 Å². The summed E-state index contributed by atoms with van der Waals surface area (Å²) in [6, 6.07) is 17.2. The third-order valence-corrected chi connectivity index (χ3v) is 4.08. The van der Waals surface area contributed by atoms with E-state index in [1.807, 2.05) is 30.3 Å². The molecule has 7 heteroatoms. The Labute approximate surface area is 163 Å². The molecule has 2 unspecified atom stereocenters. The van der Waals surface area contributed by atoms with Gasteiger partial charge in [0.1, 0.15) is 12.7 Å². The molecule has 2 aromatic carbocycles. The van der Waals surface area contributed by atoms with Crippen molar-refractivity contribution in [1.82, 2.24) is 5.32 Å². The number of carbonyl (C=O) groups is 2. The number of aliphatic hydroxyl groups is 2. The van der Waals surface area contributed by atoms with Crippen molar-refractivity contribution >= 4 is 11.9 Å². The van der Waals surface area contributed by atoms with Crippen molar-refractivity contribution in [2.75, 3.05) is 6.54 Å². The second kappa shape index (κ2) is 10.8. The predicted octanol–water partition coefficient (Wildman–Crippen LogP) is 2.49. The number of benzene rings is 2. The van der Waals surface area contributed by atoms with Crippen LogP contribution in [0.5, 0.6) is 0 Å². The first-order valence-corrected chi connectivity index (χ1v) is 8.82. The second-order valence-corrected chi connectivity index (χ2v) is 6.17. The van der Waals surface area contributed by atoms with Crippen LogP contribution in [0.25, 0.3) is 0 Å². The molecule has 2 rings (SSSR count). The lowest BCUT2D eigenvalue weighted by Crippen LogP contribution is -2.29. The molecule has 0 aliphatic heterocycles. The maximum absolute atomic E-state index is 11.8. The summed E-state index contributed by atoms with van der Waals surface area (Å²) >= 11 is 0. The van der Waals surface area contributed by atoms with Crippen LogP contribution in [0.4, 0.5) is 4.79 Å². The molecule has 0 aliphatic carbocycles. The number of ether oxygens (including phenoxy) is 1. The zero-order valence-electron chi connectivity index (χ0n) is 15.2. The first kappa shape index (κ1) is 21.1. The molecule has 7 nitrogen and oxygen atoms in total. The highest BCUT2D eigenvalue weighted by atomic mass is 16.5. The van der Waals surface area contributed by atoms with Gasteiger partial charge in [-0.3, -0.25) is 4.79 Å². The summed E-state index contributed by atoms with van der Waals surface area (Å²) < 4.78 is 5.06. The highest BCUT2D eigenvalue weighted by Gasteiger charge is 2.19. The van der Waals surface area contributed by atoms with E-state index in [1.54, 1.807) is 24.3 Å². The lowest BCUT2D eigenvalue weighted by Gasteiger charge is -2.19. The van der Waals surface area contributed by atoms with Gasteiger partial charge in [-0.05, 0) is 23.6 Å². The van der Waals surface area contributed by atoms with Crippen LogP contribution in [0.3, 0.4) is 0 Å². The van der Waals surface area contributed by atoms with Gasteiger partial charge in [0.15, 0.2) is 5.78 Å². The van der Waals surface area contributed by atoms with E-state index in [0.29, 0.717) is 11.1 Å². The Balaban J connectivity index is 1.78. The van der Waals surface area contributed by atoms with E-state index in [2.05, 4.69) is 5.32 Å². The molecule has 0 fully saturated rings. The number of carbonyl (C=O) groups excluding carboxylic acids is 2. The first-order chi connectivity index (χ1) is 13.5. The Morgan fingerprint density at radius 3 is 2.57 bits per heavy atom. The Kier molecular flexibility index (Phi) is 8.15. The number of aliphatic hydroxyl groups excluding tert-OH is 2. The number of hydrogen-bond acceptors (Lipinski definition) is 6. The number of ketones is 1. The van der Waals surface area contributed by atoms with E-state index >= 15 is 0 Å². The molecule has 0 heterocycles. The molecule has 0 bridgehead atoms. The zero-order chi connectivity index (χ0) is 20.4. The normalized spacial score (nSPS) is 12.5. The van der Waals surface area contributed by atoms with Crippen molar-refractivity contribution in [2.45, 2.75) is 31.7 Å². The molecule has 2 atom stereocenters. The molecule has 0 spiro atoms. The quantitative estimate of drug-likeness (QED) is 0.573. The summed E-state index contributed by atoms with van der Waals surface area (Å²) in [4.78, 5) is 23.4. The molecule has 3 N–H and O–H groups in total. The molecule has 146 valence electrons. The Hall–Kier alpha value is -3.21. The van der Waals surface area contributed by atoms with Crippen LogP contribution in [0.2, 0.25) is 0 Å². The van der Waals surface area contributed by atoms with Crippen molar-refractivity contribution in [2.24, 2.45) is 0 Å². The van der Waals surface area contributed by atoms with E-state index in [4.69, 9.17) is 10.00 Å². The topological polar surface area (TPSA) is 120 Å². The lowest BCUT2D eigenvalue weighted by molar-refractivity contribution is 0.0136. The number of amides is 1. The molecule has 1 amide bonds. The maximum Gasteiger partial charge on any atom is 0.407 e. The number of alkyl carbamates (subject to hydrolysis) is 1. The summed E-state index contributed by atoms with van der Waals surface area (Å²) in [5.74, 6) is -0.353. The average molecular weight is 382 g/mol. The third-order valence-electron chi connectivity index (χ3n) is 4.08. The fourth-order valence-corrected chi connectivity index (χ4v) is 2.55. The minimum atomic E-state index is -1.23. The van der Waals surface area contributed by atoms with E-state index in [0.717, 1.165) is 5.56 Å². The standard InChI is InChI=1S/C21H22N2O5/c22-11-9-18(24)16-7-4-8-17(13-16)20(26)19(25)10-12-23-21(27)28-14-15-5-2-1-3-6-15/h1-8,13,19-20,25-26H,9-10,12,14H2,(H,23,27). The molecule has 2 aromatic rings. The molecule has 28 heavy (non-hydrogen) atoms. The molecule has 0 saturated heterocycles. The lowest BCUT2D eigenvalue weighted by atomic mass is 9.98. The van der Waals surface area contributed by atoms with Gasteiger partial charge >= 0.3 is 6.09 Å². The van der Waals surface area contributed by atoms with Crippen LogP contribution >= 0.6 is 0 Å². The van der Waals surface area contributed by atoms with Crippen LogP contribution in [-0.4, -0.2) is 34.7 Å². The van der Waals surface area contributed by atoms with Crippen LogP contribution in [0.1, 0.15) is 40.4 Å². The summed E-state index contributed by atoms with van der Waals surface area (Å²) in [6.07, 6.45) is -3.14. The number of nitrogens with one attached hydrogen (secondary N) is 1. The molecular formula is C21H22N2O5. The minimum absolute atomic E-state index is 0.0952. The van der Waals surface area contributed by atoms with E-state index < -0.39 is 18.3 Å². The van der Waals surface area contributed by atoms with Gasteiger partial charge in [-0.2, -0.15) is 5.26 Å². The van der Waals surface area contributed by atoms with Gasteiger partial charge < -0.3 is 20.3 Å². The maximum atomic E-state index is 11.8. The van der Waals surface area contributed by atoms with Gasteiger partial charge in [0, 0.05) is 12.1 Å². The number of hydrogen-bond donors (Lipinski definition) is 3. The molecular weight excluding hydrogens is 360 g/mol.